The van der Waals surface area contributed by atoms with Crippen molar-refractivity contribution in [2.45, 2.75) is 31.7 Å². The van der Waals surface area contributed by atoms with Crippen LogP contribution in [0, 0.1) is 6.04 Å². The van der Waals surface area contributed by atoms with E-state index in [4.69, 9.17) is 26.5 Å². The minimum atomic E-state index is -1.19. The van der Waals surface area contributed by atoms with Gasteiger partial charge in [0, 0.05) is 21.1 Å². The summed E-state index contributed by atoms with van der Waals surface area (Å²) in [5.74, 6) is -1.19. The van der Waals surface area contributed by atoms with Crippen LogP contribution in [0.4, 0.5) is 0 Å². The van der Waals surface area contributed by atoms with Crippen LogP contribution in [0.1, 0.15) is 25.7 Å². The molecule has 6 heteroatoms. The summed E-state index contributed by atoms with van der Waals surface area (Å²) >= 11 is 0. The molecule has 0 bridgehead atoms. The van der Waals surface area contributed by atoms with Gasteiger partial charge in [0.1, 0.15) is 6.61 Å². The molecule has 1 atom stereocenters. The number of rotatable bonds is 1. The molecule has 1 saturated carbocycles. The van der Waals surface area contributed by atoms with Gasteiger partial charge in [-0.1, -0.05) is 19.3 Å². The molecule has 6 N–H and O–H groups in total. The van der Waals surface area contributed by atoms with E-state index in [1.165, 1.54) is 12.8 Å². The molecule has 14 heavy (non-hydrogen) atoms. The fourth-order valence-electron chi connectivity index (χ4n) is 1.06. The van der Waals surface area contributed by atoms with Crippen molar-refractivity contribution in [1.82, 2.24) is 0 Å². The van der Waals surface area contributed by atoms with Gasteiger partial charge in [-0.25, -0.2) is 10.8 Å². The van der Waals surface area contributed by atoms with Gasteiger partial charge in [-0.2, -0.15) is 6.42 Å². The van der Waals surface area contributed by atoms with Gasteiger partial charge in [-0.15, -0.1) is 6.04 Å². The molecule has 1 aliphatic rings. The zero-order valence-electron chi connectivity index (χ0n) is 7.89. The third kappa shape index (κ3) is 8.63. The second-order valence-corrected chi connectivity index (χ2v) is 2.98. The summed E-state index contributed by atoms with van der Waals surface area (Å²) in [6, 6.07) is 1.19. The second-order valence-electron chi connectivity index (χ2n) is 2.98. The van der Waals surface area contributed by atoms with Crippen molar-refractivity contribution in [1.29, 1.82) is 0 Å². The number of carboxylic acids is 1. The molecule has 0 aromatic carbocycles. The first kappa shape index (κ1) is 16.5. The van der Waals surface area contributed by atoms with E-state index in [0.717, 1.165) is 18.9 Å². The molecule has 88 valence electrons. The van der Waals surface area contributed by atoms with E-state index >= 15 is 0 Å². The fourth-order valence-corrected chi connectivity index (χ4v) is 1.06. The Bertz CT molecular complexity index is 148. The fraction of sp³-hybridized carbons (Fsp3) is 0.750. The maximum atomic E-state index is 9.12. The van der Waals surface area contributed by atoms with E-state index in [0.29, 0.717) is 0 Å². The van der Waals surface area contributed by atoms with Gasteiger partial charge in [0.25, 0.3) is 0 Å². The minimum Gasteiger partial charge on any atom is -0.480 e. The number of hydrogen-bond donors (Lipinski definition) is 4. The Labute approximate surface area is 98.1 Å². The van der Waals surface area contributed by atoms with Crippen molar-refractivity contribution in [3.8, 4) is 0 Å². The van der Waals surface area contributed by atoms with Crippen LogP contribution in [0.25, 0.3) is 0 Å². The largest absolute Gasteiger partial charge is 0.480 e. The molecular weight excluding hydrogens is 367 g/mol. The van der Waals surface area contributed by atoms with Crippen molar-refractivity contribution in [2.75, 3.05) is 6.61 Å². The van der Waals surface area contributed by atoms with E-state index in [1.807, 2.05) is 0 Å². The molecule has 1 aliphatic carbocycles. The van der Waals surface area contributed by atoms with Gasteiger partial charge in [-0.05, 0) is 0 Å². The molecule has 5 nitrogen and oxygen atoms in total. The normalized spacial score (nSPS) is 21.5. The molecule has 0 saturated heterocycles. The molecule has 0 aromatic rings. The summed E-state index contributed by atoms with van der Waals surface area (Å²) in [4.78, 5) is 9.12. The van der Waals surface area contributed by atoms with Crippen molar-refractivity contribution in [3.05, 3.63) is 6.04 Å². The molecule has 0 radical (unpaired) electrons. The number of aliphatic hydroxyl groups excluding tert-OH is 1. The summed E-state index contributed by atoms with van der Waals surface area (Å²) in [5, 5.41) is 15.0. The maximum absolute atomic E-state index is 9.12. The quantitative estimate of drug-likeness (QED) is 0.453. The Balaban J connectivity index is 0. The minimum absolute atomic E-state index is 0. The number of carboxylic acid groups (broad SMARTS) is 1. The Morgan fingerprint density at radius 2 is 2.00 bits per heavy atom. The molecular formula is C8H17N2O3Pt-. The Morgan fingerprint density at radius 3 is 2.21 bits per heavy atom. The molecule has 0 amide bonds. The zero-order valence-corrected chi connectivity index (χ0v) is 10.2. The van der Waals surface area contributed by atoms with Crippen LogP contribution in [0.3, 0.4) is 0 Å². The van der Waals surface area contributed by atoms with Gasteiger partial charge in [-0.3, -0.25) is 0 Å². The Hall–Kier alpha value is 0.0383. The summed E-state index contributed by atoms with van der Waals surface area (Å²) in [5.41, 5.74) is 11.2. The van der Waals surface area contributed by atoms with Gasteiger partial charge in [0.2, 0.25) is 0 Å². The molecule has 0 unspecified atom stereocenters. The molecule has 0 aromatic heterocycles. The Kier molecular flexibility index (Phi) is 11.3. The van der Waals surface area contributed by atoms with Crippen molar-refractivity contribution in [3.63, 3.8) is 0 Å². The smallest absolute Gasteiger partial charge is 0.329 e. The summed E-state index contributed by atoms with van der Waals surface area (Å²) < 4.78 is 0. The topological polar surface area (TPSA) is 110 Å². The van der Waals surface area contributed by atoms with E-state index in [-0.39, 0.29) is 27.1 Å². The number of hydrogen-bond acceptors (Lipinski definition) is 4. The third-order valence-electron chi connectivity index (χ3n) is 1.84. The summed E-state index contributed by atoms with van der Waals surface area (Å²) in [6.45, 7) is -0.778. The van der Waals surface area contributed by atoms with Crippen molar-refractivity contribution >= 4 is 5.97 Å². The van der Waals surface area contributed by atoms with E-state index in [2.05, 4.69) is 0 Å². The second kappa shape index (κ2) is 9.59. The first-order valence-corrected chi connectivity index (χ1v) is 4.27. The van der Waals surface area contributed by atoms with Crippen LogP contribution < -0.4 is 11.5 Å². The van der Waals surface area contributed by atoms with Gasteiger partial charge in [0.05, 0.1) is 0 Å². The van der Waals surface area contributed by atoms with Crippen LogP contribution in [-0.4, -0.2) is 28.8 Å². The van der Waals surface area contributed by atoms with Crippen molar-refractivity contribution < 1.29 is 36.1 Å². The number of carbonyl (C=O) groups is 1. The first-order chi connectivity index (χ1) is 6.07. The number of nitrogens with two attached hydrogens (primary N) is 2. The van der Waals surface area contributed by atoms with Crippen LogP contribution in [-0.2, 0) is 25.9 Å². The van der Waals surface area contributed by atoms with Crippen molar-refractivity contribution in [2.24, 2.45) is 11.5 Å². The summed E-state index contributed by atoms with van der Waals surface area (Å²) in [6.07, 6.45) is 4.62. The third-order valence-corrected chi connectivity index (χ3v) is 1.84. The van der Waals surface area contributed by atoms with Gasteiger partial charge in [0.15, 0.2) is 0 Å². The molecule has 1 rings (SSSR count). The van der Waals surface area contributed by atoms with Gasteiger partial charge >= 0.3 is 5.97 Å². The van der Waals surface area contributed by atoms with E-state index < -0.39 is 12.6 Å². The zero-order chi connectivity index (χ0) is 10.3. The van der Waals surface area contributed by atoms with Crippen LogP contribution in [0.15, 0.2) is 0 Å². The van der Waals surface area contributed by atoms with Crippen LogP contribution in [0.2, 0.25) is 0 Å². The first-order valence-electron chi connectivity index (χ1n) is 4.27. The standard InChI is InChI=1S/C6H13N2.C2H4O3.Pt/c7-5-3-1-2-4-6(5)8;3-1-2(4)5;/h5H,1-4,7-8H2;3H,1H2,(H,4,5);/q-1;;/t5-;;/m1../s1. The number of aliphatic hydroxyl groups is 1. The molecule has 0 spiro atoms. The molecule has 1 fully saturated rings. The van der Waals surface area contributed by atoms with E-state index in [9.17, 15) is 0 Å². The molecule has 0 heterocycles. The van der Waals surface area contributed by atoms with Gasteiger partial charge < -0.3 is 21.7 Å². The monoisotopic (exact) mass is 384 g/mol. The average Bonchev–Trinajstić information content (AvgIpc) is 2.11. The van der Waals surface area contributed by atoms with Crippen LogP contribution >= 0.6 is 0 Å². The summed E-state index contributed by atoms with van der Waals surface area (Å²) in [7, 11) is 0. The predicted octanol–water partition coefficient (Wildman–Crippen LogP) is -0.561. The number of aliphatic carboxylic acids is 1. The SMILES string of the molecule is N[C-]1CCCC[C@H]1N.O=C(O)CO.[Pt]. The van der Waals surface area contributed by atoms with E-state index in [1.54, 1.807) is 0 Å². The average molecular weight is 384 g/mol. The predicted molar refractivity (Wildman–Crippen MR) is 48.6 cm³/mol. The molecule has 0 aliphatic heterocycles. The Morgan fingerprint density at radius 1 is 1.50 bits per heavy atom. The maximum Gasteiger partial charge on any atom is 0.329 e. The van der Waals surface area contributed by atoms with Crippen LogP contribution in [0.5, 0.6) is 0 Å².